The Morgan fingerprint density at radius 2 is 1.48 bits per heavy atom. The summed E-state index contributed by atoms with van der Waals surface area (Å²) >= 11 is 0. The van der Waals surface area contributed by atoms with Crippen LogP contribution in [-0.4, -0.2) is 11.8 Å². The van der Waals surface area contributed by atoms with Gasteiger partial charge in [0.15, 0.2) is 0 Å². The van der Waals surface area contributed by atoms with Gasteiger partial charge in [0.1, 0.15) is 12.0 Å². The van der Waals surface area contributed by atoms with E-state index in [1.54, 1.807) is 6.26 Å². The maximum Gasteiger partial charge on any atom is 0.124 e. The fourth-order valence-corrected chi connectivity index (χ4v) is 1.66. The van der Waals surface area contributed by atoms with Crippen LogP contribution in [0, 0.1) is 0 Å². The zero-order valence-electron chi connectivity index (χ0n) is 15.8. The Kier molecular flexibility index (Phi) is 20.7. The monoisotopic (exact) mass is 321 g/mol. The van der Waals surface area contributed by atoms with E-state index >= 15 is 0 Å². The standard InChI is InChI=1S/C14H17NO2.3C2H6/c1-4-8-14(9-5-1)16-11-6-2-3-7-13-10-12-17-15-13;3*1-2/h1,4-5,8-10,12H,2-3,6-7,11H2;3*1-2H3. The van der Waals surface area contributed by atoms with E-state index in [1.807, 2.05) is 77.9 Å². The number of rotatable bonds is 7. The largest absolute Gasteiger partial charge is 0.494 e. The van der Waals surface area contributed by atoms with Gasteiger partial charge in [-0.15, -0.1) is 0 Å². The van der Waals surface area contributed by atoms with Gasteiger partial charge < -0.3 is 9.26 Å². The molecule has 132 valence electrons. The van der Waals surface area contributed by atoms with E-state index in [-0.39, 0.29) is 0 Å². The van der Waals surface area contributed by atoms with Gasteiger partial charge in [-0.1, -0.05) is 64.9 Å². The summed E-state index contributed by atoms with van der Waals surface area (Å²) in [7, 11) is 0. The predicted molar refractivity (Wildman–Crippen MR) is 100 cm³/mol. The fourth-order valence-electron chi connectivity index (χ4n) is 1.66. The summed E-state index contributed by atoms with van der Waals surface area (Å²) in [4.78, 5) is 0. The van der Waals surface area contributed by atoms with Gasteiger partial charge in [-0.05, 0) is 37.8 Å². The number of nitrogens with zero attached hydrogens (tertiary/aromatic N) is 1. The summed E-state index contributed by atoms with van der Waals surface area (Å²) in [6.07, 6.45) is 5.97. The summed E-state index contributed by atoms with van der Waals surface area (Å²) in [5.41, 5.74) is 1.04. The smallest absolute Gasteiger partial charge is 0.124 e. The lowest BCUT2D eigenvalue weighted by atomic mass is 10.1. The minimum absolute atomic E-state index is 0.781. The highest BCUT2D eigenvalue weighted by Gasteiger charge is 1.97. The summed E-state index contributed by atoms with van der Waals surface area (Å²) in [6.45, 7) is 12.8. The molecule has 0 bridgehead atoms. The van der Waals surface area contributed by atoms with Gasteiger partial charge >= 0.3 is 0 Å². The average Bonchev–Trinajstić information content (AvgIpc) is 3.17. The molecule has 2 aromatic rings. The van der Waals surface area contributed by atoms with Crippen LogP contribution < -0.4 is 4.74 Å². The molecule has 0 saturated heterocycles. The van der Waals surface area contributed by atoms with Crippen LogP contribution in [0.5, 0.6) is 5.75 Å². The lowest BCUT2D eigenvalue weighted by molar-refractivity contribution is 0.305. The molecule has 0 aliphatic heterocycles. The van der Waals surface area contributed by atoms with E-state index in [4.69, 9.17) is 9.26 Å². The molecule has 0 fully saturated rings. The highest BCUT2D eigenvalue weighted by Crippen LogP contribution is 2.10. The van der Waals surface area contributed by atoms with Crippen molar-refractivity contribution in [3.05, 3.63) is 48.4 Å². The van der Waals surface area contributed by atoms with Crippen LogP contribution in [0.15, 0.2) is 47.2 Å². The zero-order chi connectivity index (χ0) is 17.8. The quantitative estimate of drug-likeness (QED) is 0.543. The molecule has 0 unspecified atom stereocenters. The molecule has 0 atom stereocenters. The number of unbranched alkanes of at least 4 members (excludes halogenated alkanes) is 2. The van der Waals surface area contributed by atoms with Gasteiger partial charge in [0.05, 0.1) is 12.3 Å². The summed E-state index contributed by atoms with van der Waals surface area (Å²) in [5, 5.41) is 3.88. The summed E-state index contributed by atoms with van der Waals surface area (Å²) in [6, 6.07) is 11.8. The third-order valence-electron chi connectivity index (χ3n) is 2.58. The molecule has 0 spiro atoms. The van der Waals surface area contributed by atoms with Crippen molar-refractivity contribution in [2.45, 2.75) is 67.2 Å². The van der Waals surface area contributed by atoms with Gasteiger partial charge in [-0.2, -0.15) is 0 Å². The number of ether oxygens (including phenoxy) is 1. The predicted octanol–water partition coefficient (Wildman–Crippen LogP) is 6.55. The first-order chi connectivity index (χ1) is 11.4. The SMILES string of the molecule is CC.CC.CC.c1ccc(OCCCCCc2ccon2)cc1. The van der Waals surface area contributed by atoms with Crippen molar-refractivity contribution in [3.63, 3.8) is 0 Å². The molecule has 0 aliphatic carbocycles. The Morgan fingerprint density at radius 3 is 2.04 bits per heavy atom. The molecule has 2 rings (SSSR count). The summed E-state index contributed by atoms with van der Waals surface area (Å²) < 4.78 is 10.4. The van der Waals surface area contributed by atoms with Crippen molar-refractivity contribution in [3.8, 4) is 5.75 Å². The number of aromatic nitrogens is 1. The van der Waals surface area contributed by atoms with Gasteiger partial charge in [-0.3, -0.25) is 0 Å². The second kappa shape index (κ2) is 20.2. The van der Waals surface area contributed by atoms with Crippen LogP contribution in [0.3, 0.4) is 0 Å². The molecule has 3 nitrogen and oxygen atoms in total. The summed E-state index contributed by atoms with van der Waals surface area (Å²) in [5.74, 6) is 0.948. The normalized spacial score (nSPS) is 8.43. The maximum absolute atomic E-state index is 5.61. The zero-order valence-corrected chi connectivity index (χ0v) is 15.8. The minimum atomic E-state index is 0.781. The molecule has 23 heavy (non-hydrogen) atoms. The van der Waals surface area contributed by atoms with Crippen LogP contribution in [-0.2, 0) is 6.42 Å². The highest BCUT2D eigenvalue weighted by molar-refractivity contribution is 5.20. The third-order valence-corrected chi connectivity index (χ3v) is 2.58. The van der Waals surface area contributed by atoms with Crippen LogP contribution in [0.1, 0.15) is 66.5 Å². The van der Waals surface area contributed by atoms with Gasteiger partial charge in [0.25, 0.3) is 0 Å². The lowest BCUT2D eigenvalue weighted by Crippen LogP contribution is -1.97. The number of benzene rings is 1. The molecule has 1 heterocycles. The van der Waals surface area contributed by atoms with E-state index in [0.29, 0.717) is 0 Å². The van der Waals surface area contributed by atoms with E-state index in [9.17, 15) is 0 Å². The third kappa shape index (κ3) is 13.6. The highest BCUT2D eigenvalue weighted by atomic mass is 16.5. The molecule has 1 aromatic heterocycles. The van der Waals surface area contributed by atoms with Crippen LogP contribution in [0.2, 0.25) is 0 Å². The van der Waals surface area contributed by atoms with Crippen LogP contribution >= 0.6 is 0 Å². The molecule has 0 radical (unpaired) electrons. The average molecular weight is 322 g/mol. The maximum atomic E-state index is 5.61. The minimum Gasteiger partial charge on any atom is -0.494 e. The Morgan fingerprint density at radius 1 is 0.826 bits per heavy atom. The number of para-hydroxylation sites is 1. The molecular weight excluding hydrogens is 286 g/mol. The van der Waals surface area contributed by atoms with E-state index in [0.717, 1.165) is 43.7 Å². The van der Waals surface area contributed by atoms with Crippen molar-refractivity contribution in [1.29, 1.82) is 0 Å². The van der Waals surface area contributed by atoms with Crippen molar-refractivity contribution in [1.82, 2.24) is 5.16 Å². The first kappa shape index (κ1) is 23.5. The second-order valence-electron chi connectivity index (χ2n) is 3.96. The van der Waals surface area contributed by atoms with Crippen molar-refractivity contribution < 1.29 is 9.26 Å². The molecular formula is C20H35NO2. The number of hydrogen-bond donors (Lipinski definition) is 0. The Hall–Kier alpha value is -1.77. The van der Waals surface area contributed by atoms with Gasteiger partial charge in [0, 0.05) is 6.07 Å². The van der Waals surface area contributed by atoms with Gasteiger partial charge in [-0.25, -0.2) is 0 Å². The first-order valence-electron chi connectivity index (χ1n) is 9.02. The number of hydrogen-bond acceptors (Lipinski definition) is 3. The Labute approximate surface area is 143 Å². The van der Waals surface area contributed by atoms with E-state index < -0.39 is 0 Å². The Bertz CT molecular complexity index is 399. The van der Waals surface area contributed by atoms with Crippen molar-refractivity contribution >= 4 is 0 Å². The molecule has 0 amide bonds. The molecule has 0 N–H and O–H groups in total. The Balaban J connectivity index is 0. The van der Waals surface area contributed by atoms with Crippen molar-refractivity contribution in [2.24, 2.45) is 0 Å². The van der Waals surface area contributed by atoms with Crippen LogP contribution in [0.4, 0.5) is 0 Å². The first-order valence-corrected chi connectivity index (χ1v) is 9.02. The molecule has 0 aliphatic rings. The lowest BCUT2D eigenvalue weighted by Gasteiger charge is -2.04. The van der Waals surface area contributed by atoms with E-state index in [2.05, 4.69) is 5.16 Å². The topological polar surface area (TPSA) is 35.3 Å². The molecule has 1 aromatic carbocycles. The molecule has 3 heteroatoms. The van der Waals surface area contributed by atoms with Gasteiger partial charge in [0.2, 0.25) is 0 Å². The molecule has 0 saturated carbocycles. The van der Waals surface area contributed by atoms with Crippen molar-refractivity contribution in [2.75, 3.05) is 6.61 Å². The van der Waals surface area contributed by atoms with E-state index in [1.165, 1.54) is 0 Å². The number of aryl methyl sites for hydroxylation is 1. The fraction of sp³-hybridized carbons (Fsp3) is 0.550. The second-order valence-corrected chi connectivity index (χ2v) is 3.96. The van der Waals surface area contributed by atoms with Crippen LogP contribution in [0.25, 0.3) is 0 Å².